The van der Waals surface area contributed by atoms with Gasteiger partial charge in [0.15, 0.2) is 0 Å². The largest absolute Gasteiger partial charge is 0.416 e. The number of anilines is 1. The molecule has 8 heteroatoms. The second-order valence-electron chi connectivity index (χ2n) is 4.86. The third kappa shape index (κ3) is 2.85. The van der Waals surface area contributed by atoms with E-state index in [0.29, 0.717) is 18.8 Å². The fourth-order valence-electron chi connectivity index (χ4n) is 2.19. The Morgan fingerprint density at radius 2 is 1.91 bits per heavy atom. The van der Waals surface area contributed by atoms with Crippen LogP contribution >= 0.6 is 0 Å². The summed E-state index contributed by atoms with van der Waals surface area (Å²) in [4.78, 5) is 21.6. The van der Waals surface area contributed by atoms with Crippen LogP contribution < -0.4 is 5.32 Å². The van der Waals surface area contributed by atoms with Crippen molar-refractivity contribution >= 4 is 11.7 Å². The lowest BCUT2D eigenvalue weighted by molar-refractivity contribution is -0.137. The van der Waals surface area contributed by atoms with Crippen molar-refractivity contribution in [1.29, 1.82) is 0 Å². The predicted octanol–water partition coefficient (Wildman–Crippen LogP) is 3.04. The van der Waals surface area contributed by atoms with Crippen molar-refractivity contribution in [2.75, 3.05) is 5.32 Å². The highest BCUT2D eigenvalue weighted by molar-refractivity contribution is 5.89. The lowest BCUT2D eigenvalue weighted by Gasteiger charge is -2.16. The molecule has 1 aromatic carbocycles. The first-order valence-corrected chi connectivity index (χ1v) is 6.44. The normalized spacial score (nSPS) is 13.9. The molecule has 3 rings (SSSR count). The van der Waals surface area contributed by atoms with Crippen molar-refractivity contribution < 1.29 is 18.0 Å². The number of carbonyl (C=O) groups excluding carboxylic acids is 1. The Morgan fingerprint density at radius 3 is 2.55 bits per heavy atom. The van der Waals surface area contributed by atoms with Crippen molar-refractivity contribution in [1.82, 2.24) is 14.9 Å². The Balaban J connectivity index is 1.66. The first kappa shape index (κ1) is 14.3. The minimum absolute atomic E-state index is 0.306. The number of benzene rings is 1. The third-order valence-electron chi connectivity index (χ3n) is 3.33. The molecule has 22 heavy (non-hydrogen) atoms. The second kappa shape index (κ2) is 5.28. The van der Waals surface area contributed by atoms with E-state index in [2.05, 4.69) is 15.3 Å². The monoisotopic (exact) mass is 308 g/mol. The minimum atomic E-state index is -4.39. The third-order valence-corrected chi connectivity index (χ3v) is 3.33. The minimum Gasteiger partial charge on any atom is -0.314 e. The number of halogens is 3. The summed E-state index contributed by atoms with van der Waals surface area (Å²) < 4.78 is 37.4. The quantitative estimate of drug-likeness (QED) is 0.881. The van der Waals surface area contributed by atoms with Crippen molar-refractivity contribution in [2.24, 2.45) is 0 Å². The molecular formula is C14H11F3N4O. The highest BCUT2D eigenvalue weighted by Crippen LogP contribution is 2.30. The molecule has 2 heterocycles. The zero-order chi connectivity index (χ0) is 15.7. The van der Waals surface area contributed by atoms with Gasteiger partial charge in [-0.25, -0.2) is 14.8 Å². The van der Waals surface area contributed by atoms with E-state index in [9.17, 15) is 18.0 Å². The molecule has 0 aliphatic carbocycles. The molecule has 0 fully saturated rings. The molecule has 2 aromatic rings. The summed E-state index contributed by atoms with van der Waals surface area (Å²) in [6.45, 7) is 0.729. The number of nitrogens with one attached hydrogen (secondary N) is 1. The Bertz CT molecular complexity index is 675. The summed E-state index contributed by atoms with van der Waals surface area (Å²) in [7, 11) is 0. The molecular weight excluding hydrogens is 297 g/mol. The fourth-order valence-corrected chi connectivity index (χ4v) is 2.19. The zero-order valence-electron chi connectivity index (χ0n) is 11.3. The van der Waals surface area contributed by atoms with Crippen LogP contribution in [0.3, 0.4) is 0 Å². The first-order valence-electron chi connectivity index (χ1n) is 6.44. The van der Waals surface area contributed by atoms with Crippen LogP contribution in [0.2, 0.25) is 0 Å². The fraction of sp³-hybridized carbons (Fsp3) is 0.214. The molecule has 1 aliphatic heterocycles. The number of aromatic nitrogens is 2. The molecule has 0 bridgehead atoms. The average Bonchev–Trinajstić information content (AvgIpc) is 2.91. The number of fused-ring (bicyclic) bond motifs is 1. The van der Waals surface area contributed by atoms with E-state index in [1.54, 1.807) is 6.20 Å². The lowest BCUT2D eigenvalue weighted by atomic mass is 10.2. The molecule has 0 saturated carbocycles. The molecule has 114 valence electrons. The molecule has 0 saturated heterocycles. The Labute approximate surface area is 123 Å². The molecule has 2 amide bonds. The maximum absolute atomic E-state index is 12.5. The maximum atomic E-state index is 12.5. The Morgan fingerprint density at radius 1 is 1.18 bits per heavy atom. The number of hydrogen-bond donors (Lipinski definition) is 1. The molecule has 1 aliphatic rings. The van der Waals surface area contributed by atoms with Gasteiger partial charge < -0.3 is 10.2 Å². The van der Waals surface area contributed by atoms with E-state index in [-0.39, 0.29) is 0 Å². The van der Waals surface area contributed by atoms with Crippen molar-refractivity contribution in [3.05, 3.63) is 53.6 Å². The van der Waals surface area contributed by atoms with Gasteiger partial charge in [-0.2, -0.15) is 13.2 Å². The van der Waals surface area contributed by atoms with Crippen LogP contribution in [-0.2, 0) is 19.3 Å². The van der Waals surface area contributed by atoms with Gasteiger partial charge in [0.2, 0.25) is 0 Å². The van der Waals surface area contributed by atoms with Crippen LogP contribution in [-0.4, -0.2) is 20.9 Å². The molecule has 0 atom stereocenters. The highest BCUT2D eigenvalue weighted by atomic mass is 19.4. The molecule has 1 aromatic heterocycles. The van der Waals surface area contributed by atoms with Gasteiger partial charge >= 0.3 is 12.2 Å². The topological polar surface area (TPSA) is 58.1 Å². The van der Waals surface area contributed by atoms with Gasteiger partial charge in [-0.15, -0.1) is 0 Å². The predicted molar refractivity (Wildman–Crippen MR) is 71.7 cm³/mol. The molecule has 1 N–H and O–H groups in total. The number of alkyl halides is 3. The highest BCUT2D eigenvalue weighted by Gasteiger charge is 2.30. The van der Waals surface area contributed by atoms with E-state index in [1.165, 1.54) is 23.4 Å². The van der Waals surface area contributed by atoms with Crippen molar-refractivity contribution in [3.63, 3.8) is 0 Å². The van der Waals surface area contributed by atoms with Gasteiger partial charge in [-0.1, -0.05) is 0 Å². The summed E-state index contributed by atoms with van der Waals surface area (Å²) in [5.41, 5.74) is 1.19. The van der Waals surface area contributed by atoms with Crippen LogP contribution in [0.1, 0.15) is 16.8 Å². The number of urea groups is 1. The summed E-state index contributed by atoms with van der Waals surface area (Å²) in [6.07, 6.45) is -1.33. The van der Waals surface area contributed by atoms with Crippen LogP contribution in [0.25, 0.3) is 0 Å². The van der Waals surface area contributed by atoms with Gasteiger partial charge in [0.05, 0.1) is 24.3 Å². The Hall–Kier alpha value is -2.64. The summed E-state index contributed by atoms with van der Waals surface area (Å²) in [5.74, 6) is 0. The summed E-state index contributed by atoms with van der Waals surface area (Å²) in [6, 6.07) is 3.92. The van der Waals surface area contributed by atoms with Crippen LogP contribution in [0.15, 0.2) is 36.8 Å². The van der Waals surface area contributed by atoms with E-state index in [4.69, 9.17) is 0 Å². The van der Waals surface area contributed by atoms with Crippen LogP contribution in [0.5, 0.6) is 0 Å². The van der Waals surface area contributed by atoms with Gasteiger partial charge in [-0.05, 0) is 24.3 Å². The summed E-state index contributed by atoms with van der Waals surface area (Å²) >= 11 is 0. The number of amides is 2. The lowest BCUT2D eigenvalue weighted by Crippen LogP contribution is -2.30. The Kier molecular flexibility index (Phi) is 3.44. The first-order chi connectivity index (χ1) is 10.4. The van der Waals surface area contributed by atoms with Crippen molar-refractivity contribution in [2.45, 2.75) is 19.3 Å². The van der Waals surface area contributed by atoms with Crippen molar-refractivity contribution in [3.8, 4) is 0 Å². The molecule has 0 radical (unpaired) electrons. The van der Waals surface area contributed by atoms with Gasteiger partial charge in [0.25, 0.3) is 0 Å². The molecule has 5 nitrogen and oxygen atoms in total. The number of nitrogens with zero attached hydrogens (tertiary/aromatic N) is 3. The second-order valence-corrected chi connectivity index (χ2v) is 4.86. The van der Waals surface area contributed by atoms with E-state index < -0.39 is 17.8 Å². The SMILES string of the molecule is O=C(Nc1ccc(C(F)(F)F)cc1)N1Cc2cncnc2C1. The van der Waals surface area contributed by atoms with Gasteiger partial charge in [-0.3, -0.25) is 0 Å². The summed E-state index contributed by atoms with van der Waals surface area (Å²) in [5, 5.41) is 2.57. The smallest absolute Gasteiger partial charge is 0.314 e. The number of carbonyl (C=O) groups is 1. The average molecular weight is 308 g/mol. The van der Waals surface area contributed by atoms with Gasteiger partial charge in [0.1, 0.15) is 6.33 Å². The van der Waals surface area contributed by atoms with E-state index in [0.717, 1.165) is 23.4 Å². The standard InChI is InChI=1S/C14H11F3N4O/c15-14(16,17)10-1-3-11(4-2-10)20-13(22)21-6-9-5-18-8-19-12(9)7-21/h1-5,8H,6-7H2,(H,20,22). The maximum Gasteiger partial charge on any atom is 0.416 e. The molecule has 0 spiro atoms. The van der Waals surface area contributed by atoms with E-state index >= 15 is 0 Å². The molecule has 0 unspecified atom stereocenters. The van der Waals surface area contributed by atoms with Gasteiger partial charge in [0, 0.05) is 17.4 Å². The number of rotatable bonds is 1. The van der Waals surface area contributed by atoms with Crippen LogP contribution in [0.4, 0.5) is 23.7 Å². The van der Waals surface area contributed by atoms with E-state index in [1.807, 2.05) is 0 Å². The van der Waals surface area contributed by atoms with Crippen LogP contribution in [0, 0.1) is 0 Å². The zero-order valence-corrected chi connectivity index (χ0v) is 11.3. The number of hydrogen-bond acceptors (Lipinski definition) is 3.